The van der Waals surface area contributed by atoms with E-state index in [1.807, 2.05) is 0 Å². The van der Waals surface area contributed by atoms with Crippen LogP contribution in [-0.2, 0) is 4.79 Å². The standard InChI is InChI=1S/C13H16F3N3O3/c1-7-11(17-6-22-7)12(21)19-5-9(18-8(2)20)3-4-10(19)13(14,15)16/h6,9-10H,3-5H2,1-2H3,(H,18,20)/t9-,10-/m0/s1. The molecule has 1 aromatic heterocycles. The Morgan fingerprint density at radius 3 is 2.59 bits per heavy atom. The van der Waals surface area contributed by atoms with Gasteiger partial charge >= 0.3 is 6.18 Å². The number of nitrogens with one attached hydrogen (secondary N) is 1. The molecule has 0 aliphatic carbocycles. The number of halogens is 3. The maximum atomic E-state index is 13.2. The summed E-state index contributed by atoms with van der Waals surface area (Å²) in [5.41, 5.74) is -0.141. The molecule has 1 aliphatic heterocycles. The fourth-order valence-corrected chi connectivity index (χ4v) is 2.59. The number of amides is 2. The average Bonchev–Trinajstić information content (AvgIpc) is 2.82. The zero-order valence-electron chi connectivity index (χ0n) is 12.1. The Hall–Kier alpha value is -2.06. The van der Waals surface area contributed by atoms with Crippen molar-refractivity contribution in [1.82, 2.24) is 15.2 Å². The molecule has 0 spiro atoms. The van der Waals surface area contributed by atoms with Gasteiger partial charge < -0.3 is 14.6 Å². The predicted octanol–water partition coefficient (Wildman–Crippen LogP) is 1.65. The molecule has 0 radical (unpaired) electrons. The van der Waals surface area contributed by atoms with Gasteiger partial charge in [0.05, 0.1) is 0 Å². The van der Waals surface area contributed by atoms with Crippen LogP contribution in [0.1, 0.15) is 36.0 Å². The van der Waals surface area contributed by atoms with Gasteiger partial charge in [0.1, 0.15) is 11.8 Å². The first-order chi connectivity index (χ1) is 10.2. The van der Waals surface area contributed by atoms with Gasteiger partial charge in [-0.25, -0.2) is 4.98 Å². The van der Waals surface area contributed by atoms with Gasteiger partial charge in [0.2, 0.25) is 5.91 Å². The molecule has 1 fully saturated rings. The minimum absolute atomic E-state index is 0.141. The molecule has 0 aromatic carbocycles. The van der Waals surface area contributed by atoms with Crippen LogP contribution >= 0.6 is 0 Å². The average molecular weight is 319 g/mol. The Morgan fingerprint density at radius 1 is 1.41 bits per heavy atom. The third-order valence-corrected chi connectivity index (χ3v) is 3.58. The summed E-state index contributed by atoms with van der Waals surface area (Å²) in [6.07, 6.45) is -3.63. The zero-order valence-corrected chi connectivity index (χ0v) is 12.1. The number of aryl methyl sites for hydroxylation is 1. The monoisotopic (exact) mass is 319 g/mol. The van der Waals surface area contributed by atoms with Crippen LogP contribution in [0, 0.1) is 6.92 Å². The van der Waals surface area contributed by atoms with Crippen molar-refractivity contribution in [3.8, 4) is 0 Å². The van der Waals surface area contributed by atoms with Crippen LogP contribution in [0.2, 0.25) is 0 Å². The highest BCUT2D eigenvalue weighted by molar-refractivity contribution is 5.93. The van der Waals surface area contributed by atoms with E-state index in [-0.39, 0.29) is 36.7 Å². The number of hydrogen-bond donors (Lipinski definition) is 1. The van der Waals surface area contributed by atoms with E-state index < -0.39 is 24.2 Å². The molecule has 2 rings (SSSR count). The van der Waals surface area contributed by atoms with Gasteiger partial charge in [0.25, 0.3) is 5.91 Å². The van der Waals surface area contributed by atoms with Crippen LogP contribution in [0.5, 0.6) is 0 Å². The van der Waals surface area contributed by atoms with Gasteiger partial charge in [0.15, 0.2) is 12.1 Å². The molecule has 0 bridgehead atoms. The van der Waals surface area contributed by atoms with E-state index in [1.165, 1.54) is 13.8 Å². The normalized spacial score (nSPS) is 22.5. The third kappa shape index (κ3) is 3.40. The second kappa shape index (κ2) is 5.98. The number of likely N-dealkylation sites (tertiary alicyclic amines) is 1. The smallest absolute Gasteiger partial charge is 0.408 e. The molecule has 1 aliphatic rings. The Balaban J connectivity index is 2.25. The van der Waals surface area contributed by atoms with Crippen LogP contribution in [-0.4, -0.2) is 46.5 Å². The Labute approximate surface area is 124 Å². The van der Waals surface area contributed by atoms with E-state index in [4.69, 9.17) is 4.42 Å². The van der Waals surface area contributed by atoms with E-state index in [0.717, 1.165) is 11.3 Å². The number of piperidine rings is 1. The molecule has 6 nitrogen and oxygen atoms in total. The first-order valence-electron chi connectivity index (χ1n) is 6.75. The van der Waals surface area contributed by atoms with Crippen molar-refractivity contribution < 1.29 is 27.2 Å². The second-order valence-corrected chi connectivity index (χ2v) is 5.25. The Morgan fingerprint density at radius 2 is 2.09 bits per heavy atom. The number of oxazole rings is 1. The van der Waals surface area contributed by atoms with Crippen molar-refractivity contribution in [2.24, 2.45) is 0 Å². The molecule has 0 unspecified atom stereocenters. The first kappa shape index (κ1) is 16.3. The summed E-state index contributed by atoms with van der Waals surface area (Å²) in [4.78, 5) is 27.8. The fraction of sp³-hybridized carbons (Fsp3) is 0.615. The van der Waals surface area contributed by atoms with Crippen molar-refractivity contribution >= 4 is 11.8 Å². The lowest BCUT2D eigenvalue weighted by Crippen LogP contribution is -2.58. The van der Waals surface area contributed by atoms with E-state index in [1.54, 1.807) is 0 Å². The van der Waals surface area contributed by atoms with Crippen molar-refractivity contribution in [3.05, 3.63) is 17.8 Å². The number of rotatable bonds is 2. The number of nitrogens with zero attached hydrogens (tertiary/aromatic N) is 2. The SMILES string of the molecule is CC(=O)N[C@H]1CC[C@@H](C(F)(F)F)N(C(=O)c2ncoc2C)C1. The van der Waals surface area contributed by atoms with Gasteiger partial charge in [-0.2, -0.15) is 13.2 Å². The second-order valence-electron chi connectivity index (χ2n) is 5.25. The molecular weight excluding hydrogens is 303 g/mol. The largest absolute Gasteiger partial charge is 0.448 e. The fourth-order valence-electron chi connectivity index (χ4n) is 2.59. The lowest BCUT2D eigenvalue weighted by molar-refractivity contribution is -0.184. The molecule has 2 heterocycles. The van der Waals surface area contributed by atoms with Crippen LogP contribution in [0.3, 0.4) is 0 Å². The highest BCUT2D eigenvalue weighted by atomic mass is 19.4. The number of hydrogen-bond acceptors (Lipinski definition) is 4. The van der Waals surface area contributed by atoms with Crippen molar-refractivity contribution in [3.63, 3.8) is 0 Å². The summed E-state index contributed by atoms with van der Waals surface area (Å²) >= 11 is 0. The Kier molecular flexibility index (Phi) is 4.43. The van der Waals surface area contributed by atoms with Gasteiger partial charge in [-0.3, -0.25) is 9.59 Å². The van der Waals surface area contributed by atoms with Gasteiger partial charge in [-0.15, -0.1) is 0 Å². The molecule has 2 atom stereocenters. The highest BCUT2D eigenvalue weighted by Crippen LogP contribution is 2.33. The molecule has 9 heteroatoms. The van der Waals surface area contributed by atoms with Crippen LogP contribution < -0.4 is 5.32 Å². The molecular formula is C13H16F3N3O3. The van der Waals surface area contributed by atoms with E-state index in [0.29, 0.717) is 0 Å². The Bertz CT molecular complexity index is 570. The molecule has 1 aromatic rings. The minimum Gasteiger partial charge on any atom is -0.448 e. The number of aromatic nitrogens is 1. The highest BCUT2D eigenvalue weighted by Gasteiger charge is 2.48. The number of carbonyl (C=O) groups excluding carboxylic acids is 2. The van der Waals surface area contributed by atoms with E-state index >= 15 is 0 Å². The van der Waals surface area contributed by atoms with E-state index in [2.05, 4.69) is 10.3 Å². The van der Waals surface area contributed by atoms with Gasteiger partial charge in [-0.1, -0.05) is 0 Å². The molecule has 122 valence electrons. The summed E-state index contributed by atoms with van der Waals surface area (Å²) < 4.78 is 44.4. The predicted molar refractivity (Wildman–Crippen MR) is 69.0 cm³/mol. The van der Waals surface area contributed by atoms with Gasteiger partial charge in [0, 0.05) is 19.5 Å². The van der Waals surface area contributed by atoms with E-state index in [9.17, 15) is 22.8 Å². The summed E-state index contributed by atoms with van der Waals surface area (Å²) in [5.74, 6) is -1.03. The molecule has 1 N–H and O–H groups in total. The molecule has 0 saturated carbocycles. The van der Waals surface area contributed by atoms with Crippen LogP contribution in [0.25, 0.3) is 0 Å². The quantitative estimate of drug-likeness (QED) is 0.899. The molecule has 2 amide bonds. The zero-order chi connectivity index (χ0) is 16.5. The minimum atomic E-state index is -4.53. The summed E-state index contributed by atoms with van der Waals surface area (Å²) in [6.45, 7) is 2.52. The van der Waals surface area contributed by atoms with Crippen molar-refractivity contribution in [2.45, 2.75) is 44.9 Å². The summed E-state index contributed by atoms with van der Waals surface area (Å²) in [5, 5.41) is 2.55. The summed E-state index contributed by atoms with van der Waals surface area (Å²) in [6, 6.07) is -2.40. The first-order valence-corrected chi connectivity index (χ1v) is 6.75. The van der Waals surface area contributed by atoms with Gasteiger partial charge in [-0.05, 0) is 19.8 Å². The lowest BCUT2D eigenvalue weighted by atomic mass is 9.97. The molecule has 22 heavy (non-hydrogen) atoms. The molecule has 1 saturated heterocycles. The van der Waals surface area contributed by atoms with Crippen LogP contribution in [0.4, 0.5) is 13.2 Å². The topological polar surface area (TPSA) is 75.4 Å². The maximum Gasteiger partial charge on any atom is 0.408 e. The van der Waals surface area contributed by atoms with Crippen LogP contribution in [0.15, 0.2) is 10.8 Å². The summed E-state index contributed by atoms with van der Waals surface area (Å²) in [7, 11) is 0. The number of carbonyl (C=O) groups is 2. The third-order valence-electron chi connectivity index (χ3n) is 3.58. The van der Waals surface area contributed by atoms with Crippen molar-refractivity contribution in [2.75, 3.05) is 6.54 Å². The van der Waals surface area contributed by atoms with Crippen molar-refractivity contribution in [1.29, 1.82) is 0 Å². The number of alkyl halides is 3. The maximum absolute atomic E-state index is 13.2. The lowest BCUT2D eigenvalue weighted by Gasteiger charge is -2.40.